The van der Waals surface area contributed by atoms with Crippen LogP contribution >= 0.6 is 11.8 Å². The minimum absolute atomic E-state index is 0.176. The van der Waals surface area contributed by atoms with Crippen LogP contribution in [0.5, 0.6) is 0 Å². The van der Waals surface area contributed by atoms with E-state index in [9.17, 15) is 4.79 Å². The molecule has 6 heteroatoms. The fraction of sp³-hybridized carbons (Fsp3) is 0.923. The summed E-state index contributed by atoms with van der Waals surface area (Å²) in [5.74, 6) is 0. The lowest BCUT2D eigenvalue weighted by molar-refractivity contribution is -0.0212. The molecule has 0 atom stereocenters. The number of carbonyl (C=O) groups is 1. The van der Waals surface area contributed by atoms with Crippen LogP contribution in [0.3, 0.4) is 0 Å². The SMILES string of the molecule is CN(Cl)CCCO[C@H]1C[C@H](NC(=O)OC(C)(C)C)C1. The molecule has 1 saturated carbocycles. The number of hydrogen-bond acceptors (Lipinski definition) is 4. The van der Waals surface area contributed by atoms with Crippen LogP contribution in [0.25, 0.3) is 0 Å². The molecule has 0 aromatic heterocycles. The van der Waals surface area contributed by atoms with Crippen LogP contribution in [0, 0.1) is 0 Å². The largest absolute Gasteiger partial charge is 0.444 e. The van der Waals surface area contributed by atoms with Gasteiger partial charge in [-0.05, 0) is 51.8 Å². The number of rotatable bonds is 6. The monoisotopic (exact) mass is 292 g/mol. The van der Waals surface area contributed by atoms with Crippen LogP contribution in [0.15, 0.2) is 0 Å². The molecular formula is C13H25ClN2O3. The molecule has 0 heterocycles. The highest BCUT2D eigenvalue weighted by atomic mass is 35.5. The number of carbonyl (C=O) groups excluding carboxylic acids is 1. The van der Waals surface area contributed by atoms with E-state index in [1.807, 2.05) is 27.8 Å². The second-order valence-electron chi connectivity index (χ2n) is 5.99. The van der Waals surface area contributed by atoms with Crippen LogP contribution in [-0.2, 0) is 9.47 Å². The lowest BCUT2D eigenvalue weighted by atomic mass is 9.89. The zero-order valence-electron chi connectivity index (χ0n) is 12.2. The fourth-order valence-electron chi connectivity index (χ4n) is 1.83. The summed E-state index contributed by atoms with van der Waals surface area (Å²) in [5, 5.41) is 2.84. The van der Waals surface area contributed by atoms with Crippen LogP contribution in [-0.4, -0.2) is 48.5 Å². The summed E-state index contributed by atoms with van der Waals surface area (Å²) < 4.78 is 12.5. The number of hydrogen-bond donors (Lipinski definition) is 1. The minimum Gasteiger partial charge on any atom is -0.444 e. The first-order valence-electron chi connectivity index (χ1n) is 6.74. The molecule has 1 aliphatic rings. The lowest BCUT2D eigenvalue weighted by Crippen LogP contribution is -2.49. The molecular weight excluding hydrogens is 268 g/mol. The molecule has 5 nitrogen and oxygen atoms in total. The van der Waals surface area contributed by atoms with Gasteiger partial charge in [0.1, 0.15) is 5.60 Å². The van der Waals surface area contributed by atoms with Gasteiger partial charge in [0.2, 0.25) is 0 Å². The normalized spacial score (nSPS) is 23.1. The number of alkyl carbamates (subject to hydrolysis) is 1. The van der Waals surface area contributed by atoms with Crippen molar-refractivity contribution in [1.82, 2.24) is 9.74 Å². The summed E-state index contributed by atoms with van der Waals surface area (Å²) >= 11 is 5.69. The van der Waals surface area contributed by atoms with Crippen molar-refractivity contribution < 1.29 is 14.3 Å². The quantitative estimate of drug-likeness (QED) is 0.604. The third kappa shape index (κ3) is 7.60. The Morgan fingerprint density at radius 3 is 2.58 bits per heavy atom. The van der Waals surface area contributed by atoms with E-state index in [2.05, 4.69) is 5.32 Å². The molecule has 0 bridgehead atoms. The maximum absolute atomic E-state index is 11.5. The summed E-state index contributed by atoms with van der Waals surface area (Å²) in [6.07, 6.45) is 2.53. The summed E-state index contributed by atoms with van der Waals surface area (Å²) in [6.45, 7) is 7.09. The molecule has 0 unspecified atom stereocenters. The molecule has 0 saturated heterocycles. The number of nitrogens with zero attached hydrogens (tertiary/aromatic N) is 1. The molecule has 19 heavy (non-hydrogen) atoms. The summed E-state index contributed by atoms with van der Waals surface area (Å²) in [4.78, 5) is 11.5. The van der Waals surface area contributed by atoms with Crippen molar-refractivity contribution in [2.45, 2.75) is 57.8 Å². The van der Waals surface area contributed by atoms with Crippen LogP contribution in [0.4, 0.5) is 4.79 Å². The van der Waals surface area contributed by atoms with E-state index in [1.54, 1.807) is 4.42 Å². The summed E-state index contributed by atoms with van der Waals surface area (Å²) in [5.41, 5.74) is -0.447. The minimum atomic E-state index is -0.447. The predicted molar refractivity (Wildman–Crippen MR) is 75.2 cm³/mol. The number of ether oxygens (including phenoxy) is 2. The van der Waals surface area contributed by atoms with Crippen LogP contribution < -0.4 is 5.32 Å². The molecule has 1 rings (SSSR count). The van der Waals surface area contributed by atoms with Crippen molar-refractivity contribution in [2.75, 3.05) is 20.2 Å². The van der Waals surface area contributed by atoms with E-state index >= 15 is 0 Å². The van der Waals surface area contributed by atoms with E-state index in [4.69, 9.17) is 21.3 Å². The van der Waals surface area contributed by atoms with Crippen molar-refractivity contribution in [3.8, 4) is 0 Å². The summed E-state index contributed by atoms with van der Waals surface area (Å²) in [6, 6.07) is 0.176. The van der Waals surface area contributed by atoms with Gasteiger partial charge < -0.3 is 14.8 Å². The Bertz CT molecular complexity index is 286. The van der Waals surface area contributed by atoms with Crippen molar-refractivity contribution in [1.29, 1.82) is 0 Å². The van der Waals surface area contributed by atoms with E-state index in [0.717, 1.165) is 25.8 Å². The number of halogens is 1. The van der Waals surface area contributed by atoms with E-state index < -0.39 is 5.60 Å². The van der Waals surface area contributed by atoms with E-state index in [1.165, 1.54) is 0 Å². The van der Waals surface area contributed by atoms with Gasteiger partial charge in [-0.15, -0.1) is 0 Å². The number of amides is 1. The van der Waals surface area contributed by atoms with Crippen molar-refractivity contribution in [3.05, 3.63) is 0 Å². The van der Waals surface area contributed by atoms with E-state index in [0.29, 0.717) is 6.61 Å². The van der Waals surface area contributed by atoms with Gasteiger partial charge >= 0.3 is 6.09 Å². The highest BCUT2D eigenvalue weighted by Gasteiger charge is 2.32. The maximum Gasteiger partial charge on any atom is 0.407 e. The number of nitrogens with one attached hydrogen (secondary N) is 1. The second-order valence-corrected chi connectivity index (χ2v) is 6.57. The first kappa shape index (κ1) is 16.5. The summed E-state index contributed by atoms with van der Waals surface area (Å²) in [7, 11) is 1.83. The van der Waals surface area contributed by atoms with Crippen molar-refractivity contribution >= 4 is 17.9 Å². The second kappa shape index (κ2) is 7.31. The molecule has 0 aliphatic heterocycles. The Balaban J connectivity index is 2.02. The van der Waals surface area contributed by atoms with Crippen molar-refractivity contribution in [3.63, 3.8) is 0 Å². The van der Waals surface area contributed by atoms with Gasteiger partial charge in [-0.3, -0.25) is 0 Å². The van der Waals surface area contributed by atoms with Gasteiger partial charge in [-0.1, -0.05) is 0 Å². The molecule has 112 valence electrons. The van der Waals surface area contributed by atoms with Crippen molar-refractivity contribution in [2.24, 2.45) is 0 Å². The van der Waals surface area contributed by atoms with Gasteiger partial charge in [0, 0.05) is 26.2 Å². The Labute approximate surface area is 120 Å². The first-order valence-corrected chi connectivity index (χ1v) is 7.08. The van der Waals surface area contributed by atoms with Gasteiger partial charge in [0.15, 0.2) is 0 Å². The molecule has 1 amide bonds. The highest BCUT2D eigenvalue weighted by Crippen LogP contribution is 2.24. The lowest BCUT2D eigenvalue weighted by Gasteiger charge is -2.36. The third-order valence-corrected chi connectivity index (χ3v) is 2.95. The molecule has 0 radical (unpaired) electrons. The van der Waals surface area contributed by atoms with Crippen LogP contribution in [0.2, 0.25) is 0 Å². The Kier molecular flexibility index (Phi) is 6.36. The average Bonchev–Trinajstić information content (AvgIpc) is 2.16. The maximum atomic E-state index is 11.5. The van der Waals surface area contributed by atoms with Gasteiger partial charge in [-0.25, -0.2) is 9.21 Å². The molecule has 0 aromatic carbocycles. The topological polar surface area (TPSA) is 50.8 Å². The average molecular weight is 293 g/mol. The standard InChI is InChI=1S/C13H25ClN2O3/c1-13(2,3)19-12(17)15-10-8-11(9-10)18-7-5-6-16(4)14/h10-11H,5-9H2,1-4H3,(H,15,17)/t10-,11-. The molecule has 0 spiro atoms. The zero-order chi connectivity index (χ0) is 14.5. The highest BCUT2D eigenvalue weighted by molar-refractivity contribution is 6.13. The first-order chi connectivity index (χ1) is 8.76. The Morgan fingerprint density at radius 2 is 2.05 bits per heavy atom. The Morgan fingerprint density at radius 1 is 1.42 bits per heavy atom. The van der Waals surface area contributed by atoms with Gasteiger partial charge in [0.05, 0.1) is 6.10 Å². The molecule has 1 aliphatic carbocycles. The van der Waals surface area contributed by atoms with E-state index in [-0.39, 0.29) is 18.2 Å². The third-order valence-electron chi connectivity index (χ3n) is 2.78. The smallest absolute Gasteiger partial charge is 0.407 e. The predicted octanol–water partition coefficient (Wildman–Crippen LogP) is 2.53. The molecule has 1 N–H and O–H groups in total. The fourth-order valence-corrected chi connectivity index (χ4v) is 1.95. The van der Waals surface area contributed by atoms with Crippen LogP contribution in [0.1, 0.15) is 40.0 Å². The zero-order valence-corrected chi connectivity index (χ0v) is 13.0. The molecule has 0 aromatic rings. The Hall–Kier alpha value is -0.520. The van der Waals surface area contributed by atoms with Gasteiger partial charge in [-0.2, -0.15) is 0 Å². The van der Waals surface area contributed by atoms with Gasteiger partial charge in [0.25, 0.3) is 0 Å². The molecule has 1 fully saturated rings.